The van der Waals surface area contributed by atoms with E-state index in [1.807, 2.05) is 6.92 Å². The number of halogens is 1. The number of nitrogens with one attached hydrogen (secondary N) is 1. The van der Waals surface area contributed by atoms with Gasteiger partial charge in [0.15, 0.2) is 0 Å². The quantitative estimate of drug-likeness (QED) is 0.850. The Bertz CT molecular complexity index is 617. The van der Waals surface area contributed by atoms with E-state index in [1.54, 1.807) is 7.05 Å². The van der Waals surface area contributed by atoms with Crippen LogP contribution in [0.2, 0.25) is 0 Å². The first kappa shape index (κ1) is 15.3. The number of hydrogen-bond donors (Lipinski definition) is 1. The van der Waals surface area contributed by atoms with Crippen molar-refractivity contribution in [3.8, 4) is 0 Å². The highest BCUT2D eigenvalue weighted by Crippen LogP contribution is 2.21. The van der Waals surface area contributed by atoms with Crippen LogP contribution in [0.4, 0.5) is 0 Å². The van der Waals surface area contributed by atoms with Crippen LogP contribution in [-0.2, 0) is 20.8 Å². The van der Waals surface area contributed by atoms with Crippen LogP contribution in [0.25, 0.3) is 0 Å². The molecule has 0 radical (unpaired) electrons. The van der Waals surface area contributed by atoms with Gasteiger partial charge in [0.1, 0.15) is 10.6 Å². The van der Waals surface area contributed by atoms with Crippen molar-refractivity contribution in [2.45, 2.75) is 30.2 Å². The summed E-state index contributed by atoms with van der Waals surface area (Å²) in [6.45, 7) is 3.06. The summed E-state index contributed by atoms with van der Waals surface area (Å²) >= 11 is 0. The lowest BCUT2D eigenvalue weighted by Gasteiger charge is -2.34. The maximum Gasteiger partial charge on any atom is 0.268 e. The third-order valence-corrected chi connectivity index (χ3v) is 4.67. The number of nitrogens with zero attached hydrogens (tertiary/aromatic N) is 1. The predicted molar refractivity (Wildman–Crippen MR) is 74.4 cm³/mol. The second kappa shape index (κ2) is 5.38. The molecule has 6 nitrogen and oxygen atoms in total. The molecule has 1 unspecified atom stereocenters. The normalized spacial score (nSPS) is 23.6. The second-order valence-electron chi connectivity index (χ2n) is 5.28. The molecule has 0 spiro atoms. The fourth-order valence-electron chi connectivity index (χ4n) is 2.26. The van der Waals surface area contributed by atoms with Crippen LogP contribution in [0.3, 0.4) is 0 Å². The van der Waals surface area contributed by atoms with Crippen LogP contribution >= 0.6 is 10.7 Å². The lowest BCUT2D eigenvalue weighted by molar-refractivity contribution is 0.0270. The molecule has 1 atom stereocenters. The second-order valence-corrected chi connectivity index (χ2v) is 7.85. The highest BCUT2D eigenvalue weighted by Gasteiger charge is 2.30. The molecule has 1 aromatic heterocycles. The van der Waals surface area contributed by atoms with Gasteiger partial charge in [-0.05, 0) is 25.8 Å². The van der Waals surface area contributed by atoms with Gasteiger partial charge in [0, 0.05) is 30.5 Å². The summed E-state index contributed by atoms with van der Waals surface area (Å²) in [5.41, 5.74) is -0.185. The monoisotopic (exact) mass is 320 g/mol. The zero-order valence-electron chi connectivity index (χ0n) is 11.3. The van der Waals surface area contributed by atoms with E-state index < -0.39 is 14.6 Å². The Morgan fingerprint density at radius 1 is 1.55 bits per heavy atom. The molecule has 2 heterocycles. The zero-order chi connectivity index (χ0) is 15.0. The van der Waals surface area contributed by atoms with Gasteiger partial charge in [0.2, 0.25) is 0 Å². The summed E-state index contributed by atoms with van der Waals surface area (Å²) in [6.07, 6.45) is 3.02. The van der Waals surface area contributed by atoms with E-state index in [-0.39, 0.29) is 16.5 Å². The van der Waals surface area contributed by atoms with Crippen molar-refractivity contribution >= 4 is 25.6 Å². The number of carbonyl (C=O) groups excluding carboxylic acids is 1. The fourth-order valence-corrected chi connectivity index (χ4v) is 3.05. The van der Waals surface area contributed by atoms with E-state index in [1.165, 1.54) is 16.8 Å². The summed E-state index contributed by atoms with van der Waals surface area (Å²) in [5, 5.41) is 2.89. The van der Waals surface area contributed by atoms with Gasteiger partial charge in [0.25, 0.3) is 15.0 Å². The minimum absolute atomic E-state index is 0.0862. The van der Waals surface area contributed by atoms with Crippen molar-refractivity contribution in [1.82, 2.24) is 9.88 Å². The largest absolute Gasteiger partial charge is 0.379 e. The maximum absolute atomic E-state index is 12.3. The van der Waals surface area contributed by atoms with Crippen LogP contribution < -0.4 is 5.32 Å². The minimum Gasteiger partial charge on any atom is -0.379 e. The van der Waals surface area contributed by atoms with Crippen molar-refractivity contribution in [1.29, 1.82) is 0 Å². The third-order valence-electron chi connectivity index (χ3n) is 3.35. The Morgan fingerprint density at radius 2 is 2.25 bits per heavy atom. The van der Waals surface area contributed by atoms with Crippen molar-refractivity contribution in [3.05, 3.63) is 18.0 Å². The zero-order valence-corrected chi connectivity index (χ0v) is 12.9. The Labute approximate surface area is 122 Å². The molecule has 1 amide bonds. The summed E-state index contributed by atoms with van der Waals surface area (Å²) in [7, 11) is 3.03. The molecule has 0 aliphatic carbocycles. The van der Waals surface area contributed by atoms with E-state index in [9.17, 15) is 13.2 Å². The topological polar surface area (TPSA) is 77.4 Å². The fraction of sp³-hybridized carbons (Fsp3) is 0.583. The molecule has 1 aliphatic rings. The average Bonchev–Trinajstić information content (AvgIpc) is 2.71. The molecule has 1 fully saturated rings. The Balaban J connectivity index is 2.19. The van der Waals surface area contributed by atoms with Crippen molar-refractivity contribution in [2.75, 3.05) is 13.2 Å². The van der Waals surface area contributed by atoms with Gasteiger partial charge in [-0.3, -0.25) is 4.79 Å². The van der Waals surface area contributed by atoms with Gasteiger partial charge in [-0.25, -0.2) is 8.42 Å². The number of aromatic nitrogens is 1. The molecule has 1 aromatic rings. The van der Waals surface area contributed by atoms with E-state index >= 15 is 0 Å². The van der Waals surface area contributed by atoms with E-state index in [0.717, 1.165) is 12.8 Å². The van der Waals surface area contributed by atoms with Gasteiger partial charge >= 0.3 is 0 Å². The number of ether oxygens (including phenoxy) is 1. The number of carbonyl (C=O) groups is 1. The Hall–Kier alpha value is -1.05. The van der Waals surface area contributed by atoms with Crippen LogP contribution in [0.15, 0.2) is 17.2 Å². The van der Waals surface area contributed by atoms with E-state index in [0.29, 0.717) is 13.2 Å². The van der Waals surface area contributed by atoms with Crippen molar-refractivity contribution in [2.24, 2.45) is 7.05 Å². The summed E-state index contributed by atoms with van der Waals surface area (Å²) in [5.74, 6) is -0.341. The molecule has 1 saturated heterocycles. The summed E-state index contributed by atoms with van der Waals surface area (Å²) < 4.78 is 29.4. The molecule has 1 N–H and O–H groups in total. The lowest BCUT2D eigenvalue weighted by atomic mass is 9.95. The third kappa shape index (κ3) is 3.34. The number of hydrogen-bond acceptors (Lipinski definition) is 4. The van der Waals surface area contributed by atoms with Gasteiger partial charge in [-0.1, -0.05) is 0 Å². The molecule has 0 aromatic carbocycles. The number of aryl methyl sites for hydroxylation is 1. The molecule has 0 bridgehead atoms. The maximum atomic E-state index is 12.3. The first-order valence-electron chi connectivity index (χ1n) is 6.23. The first-order chi connectivity index (χ1) is 9.21. The molecular weight excluding hydrogens is 304 g/mol. The number of rotatable bonds is 3. The number of amides is 1. The molecule has 20 heavy (non-hydrogen) atoms. The minimum atomic E-state index is -3.84. The molecule has 2 rings (SSSR count). The Kier molecular flexibility index (Phi) is 4.13. The van der Waals surface area contributed by atoms with Crippen LogP contribution in [0.1, 0.15) is 30.3 Å². The highest BCUT2D eigenvalue weighted by atomic mass is 35.7. The van der Waals surface area contributed by atoms with Crippen LogP contribution in [-0.4, -0.2) is 37.6 Å². The van der Waals surface area contributed by atoms with Gasteiger partial charge in [0.05, 0.1) is 12.1 Å². The molecule has 8 heteroatoms. The standard InChI is InChI=1S/C12H17ClN2O4S/c1-12(4-3-5-19-8-12)14-11(16)10-6-9(7-15(10)2)20(13,17)18/h6-7H,3-5,8H2,1-2H3,(H,14,16). The van der Waals surface area contributed by atoms with Crippen molar-refractivity contribution < 1.29 is 17.9 Å². The lowest BCUT2D eigenvalue weighted by Crippen LogP contribution is -2.51. The van der Waals surface area contributed by atoms with Crippen molar-refractivity contribution in [3.63, 3.8) is 0 Å². The van der Waals surface area contributed by atoms with Gasteiger partial charge in [-0.15, -0.1) is 0 Å². The van der Waals surface area contributed by atoms with Crippen LogP contribution in [0.5, 0.6) is 0 Å². The van der Waals surface area contributed by atoms with E-state index in [2.05, 4.69) is 5.32 Å². The predicted octanol–water partition coefficient (Wildman–Crippen LogP) is 1.25. The molecule has 1 aliphatic heterocycles. The summed E-state index contributed by atoms with van der Waals surface area (Å²) in [4.78, 5) is 12.2. The average molecular weight is 321 g/mol. The van der Waals surface area contributed by atoms with Crippen LogP contribution in [0, 0.1) is 0 Å². The van der Waals surface area contributed by atoms with E-state index in [4.69, 9.17) is 15.4 Å². The molecular formula is C12H17ClN2O4S. The first-order valence-corrected chi connectivity index (χ1v) is 8.53. The summed E-state index contributed by atoms with van der Waals surface area (Å²) in [6, 6.07) is 1.27. The Morgan fingerprint density at radius 3 is 2.75 bits per heavy atom. The smallest absolute Gasteiger partial charge is 0.268 e. The van der Waals surface area contributed by atoms with Gasteiger partial charge < -0.3 is 14.6 Å². The molecule has 0 saturated carbocycles. The molecule has 112 valence electrons. The highest BCUT2D eigenvalue weighted by molar-refractivity contribution is 8.13. The van der Waals surface area contributed by atoms with Gasteiger partial charge in [-0.2, -0.15) is 0 Å². The SMILES string of the molecule is Cn1cc(S(=O)(=O)Cl)cc1C(=O)NC1(C)CCCOC1.